The van der Waals surface area contributed by atoms with Crippen LogP contribution in [0.15, 0.2) is 18.2 Å². The van der Waals surface area contributed by atoms with Crippen LogP contribution in [0.3, 0.4) is 0 Å². The summed E-state index contributed by atoms with van der Waals surface area (Å²) in [6, 6.07) is 4.12. The number of nitrogens with one attached hydrogen (secondary N) is 1. The maximum Gasteiger partial charge on any atom is 0.414 e. The van der Waals surface area contributed by atoms with E-state index in [1.807, 2.05) is 18.7 Å². The number of nitrogens with zero attached hydrogens (tertiary/aromatic N) is 2. The second-order valence-electron chi connectivity index (χ2n) is 7.83. The molecule has 2 aliphatic rings. The molecule has 2 saturated heterocycles. The number of benzene rings is 1. The van der Waals surface area contributed by atoms with Crippen LogP contribution >= 0.6 is 12.4 Å². The van der Waals surface area contributed by atoms with Crippen molar-refractivity contribution in [2.75, 3.05) is 49.2 Å². The SMILES string of the molecule is CC(C)C[C@H](N)C(=O)NCC1CN(c2ccc(N3CCOCC3)c(F)c2)C(=O)O1.Cl. The molecule has 3 N–H and O–H groups in total. The Morgan fingerprint density at radius 3 is 2.67 bits per heavy atom. The number of anilines is 2. The lowest BCUT2D eigenvalue weighted by atomic mass is 10.0. The molecule has 0 saturated carbocycles. The lowest BCUT2D eigenvalue weighted by Gasteiger charge is -2.29. The van der Waals surface area contributed by atoms with E-state index >= 15 is 0 Å². The van der Waals surface area contributed by atoms with Crippen molar-refractivity contribution in [3.05, 3.63) is 24.0 Å². The van der Waals surface area contributed by atoms with Gasteiger partial charge in [-0.3, -0.25) is 9.69 Å². The number of carbonyl (C=O) groups excluding carboxylic acids is 2. The summed E-state index contributed by atoms with van der Waals surface area (Å²) in [5.74, 6) is -0.353. The first-order chi connectivity index (χ1) is 13.8. The molecular formula is C20H30ClFN4O4. The van der Waals surface area contributed by atoms with E-state index in [0.717, 1.165) is 0 Å². The molecule has 0 aliphatic carbocycles. The van der Waals surface area contributed by atoms with Gasteiger partial charge in [0.15, 0.2) is 0 Å². The molecule has 1 aromatic carbocycles. The molecule has 2 atom stereocenters. The highest BCUT2D eigenvalue weighted by atomic mass is 35.5. The van der Waals surface area contributed by atoms with E-state index in [1.54, 1.807) is 12.1 Å². The van der Waals surface area contributed by atoms with Crippen molar-refractivity contribution in [3.8, 4) is 0 Å². The van der Waals surface area contributed by atoms with E-state index in [9.17, 15) is 14.0 Å². The quantitative estimate of drug-likeness (QED) is 0.666. The van der Waals surface area contributed by atoms with Crippen molar-refractivity contribution in [2.24, 2.45) is 11.7 Å². The van der Waals surface area contributed by atoms with Crippen LogP contribution in [0.1, 0.15) is 20.3 Å². The Bertz CT molecular complexity index is 746. The Balaban J connectivity index is 0.00000320. The molecule has 0 bridgehead atoms. The first-order valence-corrected chi connectivity index (χ1v) is 9.99. The van der Waals surface area contributed by atoms with Crippen LogP contribution in [-0.2, 0) is 14.3 Å². The van der Waals surface area contributed by atoms with Crippen molar-refractivity contribution in [1.29, 1.82) is 0 Å². The summed E-state index contributed by atoms with van der Waals surface area (Å²) in [7, 11) is 0. The van der Waals surface area contributed by atoms with Gasteiger partial charge in [-0.1, -0.05) is 13.8 Å². The van der Waals surface area contributed by atoms with Crippen LogP contribution in [0.25, 0.3) is 0 Å². The average molecular weight is 445 g/mol. The Hall–Kier alpha value is -2.10. The zero-order valence-electron chi connectivity index (χ0n) is 17.3. The van der Waals surface area contributed by atoms with Gasteiger partial charge < -0.3 is 25.4 Å². The number of ether oxygens (including phenoxy) is 2. The molecule has 1 unspecified atom stereocenters. The molecule has 30 heavy (non-hydrogen) atoms. The number of morpholine rings is 1. The Morgan fingerprint density at radius 1 is 1.33 bits per heavy atom. The number of cyclic esters (lactones) is 1. The van der Waals surface area contributed by atoms with Gasteiger partial charge in [0.25, 0.3) is 0 Å². The molecule has 2 amide bonds. The van der Waals surface area contributed by atoms with Gasteiger partial charge in [0.1, 0.15) is 11.9 Å². The maximum atomic E-state index is 14.6. The fraction of sp³-hybridized carbons (Fsp3) is 0.600. The summed E-state index contributed by atoms with van der Waals surface area (Å²) in [6.45, 7) is 6.77. The lowest BCUT2D eigenvalue weighted by molar-refractivity contribution is -0.123. The second-order valence-corrected chi connectivity index (χ2v) is 7.83. The molecule has 1 aromatic rings. The Kier molecular flexibility index (Phi) is 8.69. The third-order valence-corrected chi connectivity index (χ3v) is 5.03. The van der Waals surface area contributed by atoms with Crippen LogP contribution < -0.4 is 20.9 Å². The Labute approximate surface area is 182 Å². The number of halogens is 2. The third kappa shape index (κ3) is 5.96. The smallest absolute Gasteiger partial charge is 0.414 e. The topological polar surface area (TPSA) is 97.1 Å². The predicted molar refractivity (Wildman–Crippen MR) is 115 cm³/mol. The van der Waals surface area contributed by atoms with Gasteiger partial charge in [0.2, 0.25) is 5.91 Å². The van der Waals surface area contributed by atoms with Crippen LogP contribution in [0.5, 0.6) is 0 Å². The summed E-state index contributed by atoms with van der Waals surface area (Å²) in [5.41, 5.74) is 6.78. The second kappa shape index (κ2) is 10.8. The monoisotopic (exact) mass is 444 g/mol. The predicted octanol–water partition coefficient (Wildman–Crippen LogP) is 1.90. The average Bonchev–Trinajstić information content (AvgIpc) is 3.06. The summed E-state index contributed by atoms with van der Waals surface area (Å²) in [4.78, 5) is 27.6. The minimum Gasteiger partial charge on any atom is -0.442 e. The lowest BCUT2D eigenvalue weighted by Crippen LogP contribution is -2.44. The number of rotatable bonds is 7. The molecule has 8 nitrogen and oxygen atoms in total. The van der Waals surface area contributed by atoms with Crippen molar-refractivity contribution in [1.82, 2.24) is 5.32 Å². The van der Waals surface area contributed by atoms with Gasteiger partial charge in [-0.15, -0.1) is 12.4 Å². The van der Waals surface area contributed by atoms with E-state index in [2.05, 4.69) is 5.32 Å². The molecule has 2 aliphatic heterocycles. The molecule has 0 radical (unpaired) electrons. The summed E-state index contributed by atoms with van der Waals surface area (Å²) in [5, 5.41) is 2.73. The van der Waals surface area contributed by atoms with Gasteiger partial charge in [-0.05, 0) is 30.5 Å². The number of nitrogens with two attached hydrogens (primary N) is 1. The number of hydrogen-bond acceptors (Lipinski definition) is 6. The van der Waals surface area contributed by atoms with Crippen molar-refractivity contribution >= 4 is 35.8 Å². The Morgan fingerprint density at radius 2 is 2.03 bits per heavy atom. The van der Waals surface area contributed by atoms with E-state index in [-0.39, 0.29) is 31.4 Å². The highest BCUT2D eigenvalue weighted by Gasteiger charge is 2.33. The van der Waals surface area contributed by atoms with Crippen LogP contribution in [0.4, 0.5) is 20.6 Å². The van der Waals surface area contributed by atoms with Crippen LogP contribution in [-0.4, -0.2) is 63.5 Å². The molecule has 0 aromatic heterocycles. The van der Waals surface area contributed by atoms with Gasteiger partial charge in [0.05, 0.1) is 43.7 Å². The van der Waals surface area contributed by atoms with Crippen LogP contribution in [0.2, 0.25) is 0 Å². The largest absolute Gasteiger partial charge is 0.442 e. The molecule has 2 heterocycles. The zero-order chi connectivity index (χ0) is 21.0. The molecule has 168 valence electrons. The maximum absolute atomic E-state index is 14.6. The van der Waals surface area contributed by atoms with Gasteiger partial charge in [-0.2, -0.15) is 0 Å². The van der Waals surface area contributed by atoms with E-state index in [0.29, 0.717) is 50.0 Å². The van der Waals surface area contributed by atoms with E-state index < -0.39 is 24.1 Å². The number of carbonyl (C=O) groups is 2. The fourth-order valence-electron chi connectivity index (χ4n) is 3.52. The standard InChI is InChI=1S/C20H29FN4O4.ClH/c1-13(2)9-17(22)19(26)23-11-15-12-25(20(27)29-15)14-3-4-18(16(21)10-14)24-5-7-28-8-6-24;/h3-4,10,13,15,17H,5-9,11-12,22H2,1-2H3,(H,23,26);1H/t15?,17-;/m0./s1. The van der Waals surface area contributed by atoms with Crippen molar-refractivity contribution in [2.45, 2.75) is 32.4 Å². The molecule has 2 fully saturated rings. The highest BCUT2D eigenvalue weighted by Crippen LogP contribution is 2.28. The van der Waals surface area contributed by atoms with Gasteiger partial charge in [-0.25, -0.2) is 9.18 Å². The normalized spacial score (nSPS) is 20.0. The highest BCUT2D eigenvalue weighted by molar-refractivity contribution is 5.90. The van der Waals surface area contributed by atoms with Crippen molar-refractivity contribution < 1.29 is 23.5 Å². The first-order valence-electron chi connectivity index (χ1n) is 9.99. The van der Waals surface area contributed by atoms with Crippen LogP contribution in [0, 0.1) is 11.7 Å². The minimum absolute atomic E-state index is 0. The molecular weight excluding hydrogens is 415 g/mol. The third-order valence-electron chi connectivity index (χ3n) is 5.03. The van der Waals surface area contributed by atoms with E-state index in [1.165, 1.54) is 11.0 Å². The molecule has 0 spiro atoms. The van der Waals surface area contributed by atoms with Crippen molar-refractivity contribution in [3.63, 3.8) is 0 Å². The summed E-state index contributed by atoms with van der Waals surface area (Å²) < 4.78 is 25.2. The zero-order valence-corrected chi connectivity index (χ0v) is 18.1. The molecule has 10 heteroatoms. The van der Waals surface area contributed by atoms with Gasteiger partial charge >= 0.3 is 6.09 Å². The summed E-state index contributed by atoms with van der Waals surface area (Å²) >= 11 is 0. The number of hydrogen-bond donors (Lipinski definition) is 2. The molecule has 3 rings (SSSR count). The summed E-state index contributed by atoms with van der Waals surface area (Å²) in [6.07, 6.45) is -0.495. The fourth-order valence-corrected chi connectivity index (χ4v) is 3.52. The van der Waals surface area contributed by atoms with Gasteiger partial charge in [0, 0.05) is 13.1 Å². The number of amides is 2. The minimum atomic E-state index is -0.593. The first kappa shape index (κ1) is 24.2. The van der Waals surface area contributed by atoms with E-state index in [4.69, 9.17) is 15.2 Å².